The van der Waals surface area contributed by atoms with Crippen LogP contribution in [-0.2, 0) is 11.3 Å². The minimum atomic E-state index is -0.0797. The Hall–Kier alpha value is -2.56. The zero-order chi connectivity index (χ0) is 22.2. The summed E-state index contributed by atoms with van der Waals surface area (Å²) in [6.45, 7) is 7.24. The normalized spacial score (nSPS) is 14.2. The summed E-state index contributed by atoms with van der Waals surface area (Å²) in [6, 6.07) is 11.2. The summed E-state index contributed by atoms with van der Waals surface area (Å²) < 4.78 is 5.22. The van der Waals surface area contributed by atoms with Crippen LogP contribution in [0, 0.1) is 5.92 Å². The molecule has 1 aliphatic rings. The number of nitrogens with one attached hydrogen (secondary N) is 2. The van der Waals surface area contributed by atoms with Crippen LogP contribution in [0.25, 0.3) is 0 Å². The van der Waals surface area contributed by atoms with Gasteiger partial charge in [0.1, 0.15) is 0 Å². The lowest BCUT2D eigenvalue weighted by Gasteiger charge is -2.36. The van der Waals surface area contributed by atoms with Crippen LogP contribution in [0.5, 0.6) is 0 Å². The first-order valence-electron chi connectivity index (χ1n) is 10.6. The van der Waals surface area contributed by atoms with E-state index < -0.39 is 0 Å². The third-order valence-electron chi connectivity index (χ3n) is 5.07. The first kappa shape index (κ1) is 25.7. The Morgan fingerprint density at radius 2 is 1.81 bits per heavy atom. The Morgan fingerprint density at radius 1 is 1.09 bits per heavy atom. The van der Waals surface area contributed by atoms with Crippen LogP contribution in [0.1, 0.15) is 36.4 Å². The summed E-state index contributed by atoms with van der Waals surface area (Å²) >= 11 is 0. The standard InChI is InChI=1S/C23H31N5O3.HI/c1-17(2)14-21(29)26-19-7-4-6-18(15-19)16-25-23(24-3)28-11-9-27(10-12-28)22(30)20-8-5-13-31-20;/h4-8,13,15,17H,9-12,14,16H2,1-3H3,(H,24,25)(H,26,29);1H. The highest BCUT2D eigenvalue weighted by Gasteiger charge is 2.25. The van der Waals surface area contributed by atoms with E-state index >= 15 is 0 Å². The Kier molecular flexibility index (Phi) is 10.0. The van der Waals surface area contributed by atoms with Gasteiger partial charge in [0.05, 0.1) is 6.26 Å². The number of piperazine rings is 1. The van der Waals surface area contributed by atoms with E-state index in [1.807, 2.05) is 38.1 Å². The molecule has 0 radical (unpaired) electrons. The van der Waals surface area contributed by atoms with Crippen molar-refractivity contribution in [1.29, 1.82) is 0 Å². The Balaban J connectivity index is 0.00000363. The van der Waals surface area contributed by atoms with Crippen LogP contribution in [-0.4, -0.2) is 60.8 Å². The molecular formula is C23H32IN5O3. The molecule has 8 nitrogen and oxygen atoms in total. The summed E-state index contributed by atoms with van der Waals surface area (Å²) in [5, 5.41) is 6.33. The number of rotatable bonds is 6. The quantitative estimate of drug-likeness (QED) is 0.325. The van der Waals surface area contributed by atoms with Crippen LogP contribution in [0.3, 0.4) is 0 Å². The summed E-state index contributed by atoms with van der Waals surface area (Å²) in [5.41, 5.74) is 1.85. The SMILES string of the molecule is CN=C(NCc1cccc(NC(=O)CC(C)C)c1)N1CCN(C(=O)c2ccco2)CC1.I. The number of aliphatic imine (C=N–C) groups is 1. The summed E-state index contributed by atoms with van der Waals surface area (Å²) in [6.07, 6.45) is 2.02. The van der Waals surface area contributed by atoms with Gasteiger partial charge in [0, 0.05) is 51.9 Å². The highest BCUT2D eigenvalue weighted by atomic mass is 127. The third-order valence-corrected chi connectivity index (χ3v) is 5.07. The Morgan fingerprint density at radius 3 is 2.44 bits per heavy atom. The minimum absolute atomic E-state index is 0. The van der Waals surface area contributed by atoms with E-state index in [2.05, 4.69) is 20.5 Å². The molecule has 0 aliphatic carbocycles. The van der Waals surface area contributed by atoms with Crippen molar-refractivity contribution in [2.75, 3.05) is 38.5 Å². The van der Waals surface area contributed by atoms with Gasteiger partial charge >= 0.3 is 0 Å². The molecule has 1 fully saturated rings. The number of nitrogens with zero attached hydrogens (tertiary/aromatic N) is 3. The molecule has 0 atom stereocenters. The maximum Gasteiger partial charge on any atom is 0.289 e. The molecule has 1 aromatic carbocycles. The van der Waals surface area contributed by atoms with E-state index in [-0.39, 0.29) is 35.8 Å². The molecule has 2 N–H and O–H groups in total. The topological polar surface area (TPSA) is 90.2 Å². The van der Waals surface area contributed by atoms with Gasteiger partial charge in [-0.25, -0.2) is 0 Å². The maximum atomic E-state index is 12.4. The lowest BCUT2D eigenvalue weighted by molar-refractivity contribution is -0.116. The number of hydrogen-bond donors (Lipinski definition) is 2. The molecular weight excluding hydrogens is 521 g/mol. The van der Waals surface area contributed by atoms with Crippen molar-refractivity contribution in [2.24, 2.45) is 10.9 Å². The average Bonchev–Trinajstić information content (AvgIpc) is 3.29. The van der Waals surface area contributed by atoms with Gasteiger partial charge in [-0.15, -0.1) is 24.0 Å². The molecule has 2 amide bonds. The third kappa shape index (κ3) is 7.25. The molecule has 0 unspecified atom stereocenters. The van der Waals surface area contributed by atoms with Crippen molar-refractivity contribution >= 4 is 47.4 Å². The van der Waals surface area contributed by atoms with E-state index in [1.54, 1.807) is 24.1 Å². The molecule has 1 aromatic heterocycles. The molecule has 3 rings (SSSR count). The molecule has 0 spiro atoms. The predicted molar refractivity (Wildman–Crippen MR) is 136 cm³/mol. The van der Waals surface area contributed by atoms with E-state index in [0.29, 0.717) is 50.8 Å². The monoisotopic (exact) mass is 553 g/mol. The van der Waals surface area contributed by atoms with E-state index in [0.717, 1.165) is 17.2 Å². The highest BCUT2D eigenvalue weighted by molar-refractivity contribution is 14.0. The first-order chi connectivity index (χ1) is 15.0. The van der Waals surface area contributed by atoms with Gasteiger partial charge < -0.3 is 24.9 Å². The summed E-state index contributed by atoms with van der Waals surface area (Å²) in [4.78, 5) is 32.8. The number of hydrogen-bond acceptors (Lipinski definition) is 4. The number of furan rings is 1. The van der Waals surface area contributed by atoms with Crippen molar-refractivity contribution < 1.29 is 14.0 Å². The second-order valence-corrected chi connectivity index (χ2v) is 8.00. The highest BCUT2D eigenvalue weighted by Crippen LogP contribution is 2.13. The number of amides is 2. The molecule has 0 bridgehead atoms. The first-order valence-corrected chi connectivity index (χ1v) is 10.6. The van der Waals surface area contributed by atoms with Crippen molar-refractivity contribution in [3.8, 4) is 0 Å². The number of guanidine groups is 1. The van der Waals surface area contributed by atoms with Crippen LogP contribution < -0.4 is 10.6 Å². The molecule has 32 heavy (non-hydrogen) atoms. The number of benzene rings is 1. The molecule has 174 valence electrons. The fourth-order valence-corrected chi connectivity index (χ4v) is 3.53. The zero-order valence-corrected chi connectivity index (χ0v) is 21.2. The number of anilines is 1. The Bertz CT molecular complexity index is 906. The maximum absolute atomic E-state index is 12.4. The summed E-state index contributed by atoms with van der Waals surface area (Å²) in [7, 11) is 1.76. The second kappa shape index (κ2) is 12.5. The largest absolute Gasteiger partial charge is 0.459 e. The molecule has 1 aliphatic heterocycles. The van der Waals surface area contributed by atoms with Crippen LogP contribution in [0.4, 0.5) is 5.69 Å². The average molecular weight is 553 g/mol. The smallest absolute Gasteiger partial charge is 0.289 e. The number of halogens is 1. The van der Waals surface area contributed by atoms with Gasteiger partial charge in [-0.3, -0.25) is 14.6 Å². The molecule has 1 saturated heterocycles. The Labute approximate surface area is 206 Å². The molecule has 2 heterocycles. The van der Waals surface area contributed by atoms with Gasteiger partial charge in [-0.1, -0.05) is 26.0 Å². The van der Waals surface area contributed by atoms with Gasteiger partial charge in [-0.05, 0) is 35.7 Å². The van der Waals surface area contributed by atoms with Gasteiger partial charge in [0.15, 0.2) is 11.7 Å². The second-order valence-electron chi connectivity index (χ2n) is 8.00. The van der Waals surface area contributed by atoms with Crippen LogP contribution in [0.15, 0.2) is 52.1 Å². The van der Waals surface area contributed by atoms with Crippen molar-refractivity contribution in [2.45, 2.75) is 26.8 Å². The van der Waals surface area contributed by atoms with Gasteiger partial charge in [0.2, 0.25) is 5.91 Å². The van der Waals surface area contributed by atoms with Gasteiger partial charge in [-0.2, -0.15) is 0 Å². The number of carbonyl (C=O) groups excluding carboxylic acids is 2. The lowest BCUT2D eigenvalue weighted by atomic mass is 10.1. The van der Waals surface area contributed by atoms with Crippen LogP contribution in [0.2, 0.25) is 0 Å². The molecule has 0 saturated carbocycles. The van der Waals surface area contributed by atoms with Crippen molar-refractivity contribution in [3.05, 3.63) is 54.0 Å². The number of carbonyl (C=O) groups is 2. The van der Waals surface area contributed by atoms with E-state index in [1.165, 1.54) is 6.26 Å². The fraction of sp³-hybridized carbons (Fsp3) is 0.435. The van der Waals surface area contributed by atoms with E-state index in [9.17, 15) is 9.59 Å². The minimum Gasteiger partial charge on any atom is -0.459 e. The molecule has 9 heteroatoms. The van der Waals surface area contributed by atoms with Crippen molar-refractivity contribution in [1.82, 2.24) is 15.1 Å². The predicted octanol–water partition coefficient (Wildman–Crippen LogP) is 3.42. The van der Waals surface area contributed by atoms with Crippen molar-refractivity contribution in [3.63, 3.8) is 0 Å². The summed E-state index contributed by atoms with van der Waals surface area (Å²) in [5.74, 6) is 1.43. The fourth-order valence-electron chi connectivity index (χ4n) is 3.53. The zero-order valence-electron chi connectivity index (χ0n) is 18.8. The van der Waals surface area contributed by atoms with E-state index in [4.69, 9.17) is 4.42 Å². The lowest BCUT2D eigenvalue weighted by Crippen LogP contribution is -2.53. The van der Waals surface area contributed by atoms with Crippen LogP contribution >= 0.6 is 24.0 Å². The molecule has 2 aromatic rings. The van der Waals surface area contributed by atoms with Gasteiger partial charge in [0.25, 0.3) is 5.91 Å².